The molecule has 0 unspecified atom stereocenters. The lowest BCUT2D eigenvalue weighted by Gasteiger charge is -2.34. The van der Waals surface area contributed by atoms with Crippen LogP contribution in [0.25, 0.3) is 0 Å². The third-order valence-corrected chi connectivity index (χ3v) is 2.05. The number of alkyl carbamates (subject to hydrolysis) is 1. The lowest BCUT2D eigenvalue weighted by atomic mass is 9.87. The van der Waals surface area contributed by atoms with E-state index in [1.807, 2.05) is 7.05 Å². The first-order chi connectivity index (χ1) is 5.26. The minimum absolute atomic E-state index is 0.305. The molecule has 1 fully saturated rings. The molecular weight excluding hydrogens is 144 g/mol. The molecule has 11 heavy (non-hydrogen) atoms. The zero-order valence-corrected chi connectivity index (χ0v) is 6.89. The van der Waals surface area contributed by atoms with E-state index in [4.69, 9.17) is 0 Å². The molecule has 4 heteroatoms. The number of ether oxygens (including phenoxy) is 1. The molecule has 0 spiro atoms. The van der Waals surface area contributed by atoms with E-state index in [2.05, 4.69) is 15.4 Å². The molecule has 0 heterocycles. The second-order valence-corrected chi connectivity index (χ2v) is 2.79. The van der Waals surface area contributed by atoms with Gasteiger partial charge >= 0.3 is 6.09 Å². The average Bonchev–Trinajstić information content (AvgIpc) is 1.95. The van der Waals surface area contributed by atoms with Gasteiger partial charge < -0.3 is 15.4 Å². The Bertz CT molecular complexity index is 143. The summed E-state index contributed by atoms with van der Waals surface area (Å²) in [6.45, 7) is 0. The van der Waals surface area contributed by atoms with Crippen LogP contribution >= 0.6 is 0 Å². The van der Waals surface area contributed by atoms with Gasteiger partial charge in [-0.05, 0) is 19.9 Å². The number of carbonyl (C=O) groups excluding carboxylic acids is 1. The summed E-state index contributed by atoms with van der Waals surface area (Å²) in [5, 5.41) is 5.86. The molecule has 0 bridgehead atoms. The molecule has 4 nitrogen and oxygen atoms in total. The Kier molecular flexibility index (Phi) is 2.70. The fraction of sp³-hybridized carbons (Fsp3) is 0.857. The first-order valence-electron chi connectivity index (χ1n) is 3.78. The van der Waals surface area contributed by atoms with Crippen LogP contribution in [0, 0.1) is 0 Å². The number of rotatable bonds is 2. The summed E-state index contributed by atoms with van der Waals surface area (Å²) in [4.78, 5) is 10.7. The van der Waals surface area contributed by atoms with Gasteiger partial charge in [-0.25, -0.2) is 4.79 Å². The molecule has 0 aromatic carbocycles. The lowest BCUT2D eigenvalue weighted by molar-refractivity contribution is 0.154. The van der Waals surface area contributed by atoms with Gasteiger partial charge in [-0.15, -0.1) is 0 Å². The SMILES string of the molecule is CNC1CC(NC(=O)OC)C1. The van der Waals surface area contributed by atoms with E-state index in [1.165, 1.54) is 7.11 Å². The number of hydrogen-bond donors (Lipinski definition) is 2. The van der Waals surface area contributed by atoms with Crippen molar-refractivity contribution in [3.63, 3.8) is 0 Å². The van der Waals surface area contributed by atoms with Crippen LogP contribution in [0.5, 0.6) is 0 Å². The van der Waals surface area contributed by atoms with E-state index >= 15 is 0 Å². The van der Waals surface area contributed by atoms with Crippen molar-refractivity contribution in [2.75, 3.05) is 14.2 Å². The Morgan fingerprint density at radius 2 is 2.09 bits per heavy atom. The fourth-order valence-corrected chi connectivity index (χ4v) is 1.20. The zero-order chi connectivity index (χ0) is 8.27. The Labute approximate surface area is 66.3 Å². The number of amides is 1. The normalized spacial score (nSPS) is 28.9. The summed E-state index contributed by atoms with van der Waals surface area (Å²) >= 11 is 0. The monoisotopic (exact) mass is 158 g/mol. The summed E-state index contributed by atoms with van der Waals surface area (Å²) in [5.74, 6) is 0. The molecule has 1 aliphatic carbocycles. The van der Waals surface area contributed by atoms with E-state index in [1.54, 1.807) is 0 Å². The highest BCUT2D eigenvalue weighted by Gasteiger charge is 2.28. The predicted molar refractivity (Wildman–Crippen MR) is 41.4 cm³/mol. The smallest absolute Gasteiger partial charge is 0.407 e. The van der Waals surface area contributed by atoms with Crippen LogP contribution < -0.4 is 10.6 Å². The summed E-state index contributed by atoms with van der Waals surface area (Å²) in [6, 6.07) is 0.872. The molecule has 1 amide bonds. The van der Waals surface area contributed by atoms with Gasteiger partial charge in [0.05, 0.1) is 7.11 Å². The van der Waals surface area contributed by atoms with Crippen molar-refractivity contribution in [3.05, 3.63) is 0 Å². The van der Waals surface area contributed by atoms with Crippen molar-refractivity contribution in [1.82, 2.24) is 10.6 Å². The van der Waals surface area contributed by atoms with Crippen molar-refractivity contribution < 1.29 is 9.53 Å². The molecule has 64 valence electrons. The summed E-state index contributed by atoms with van der Waals surface area (Å²) < 4.78 is 4.46. The van der Waals surface area contributed by atoms with Gasteiger partial charge in [0, 0.05) is 12.1 Å². The van der Waals surface area contributed by atoms with Crippen LogP contribution in [0.2, 0.25) is 0 Å². The Morgan fingerprint density at radius 1 is 1.45 bits per heavy atom. The maximum atomic E-state index is 10.7. The van der Waals surface area contributed by atoms with Crippen molar-refractivity contribution in [1.29, 1.82) is 0 Å². The highest BCUT2D eigenvalue weighted by molar-refractivity contribution is 5.67. The van der Waals surface area contributed by atoms with Gasteiger partial charge in [0.15, 0.2) is 0 Å². The molecule has 0 aromatic rings. The van der Waals surface area contributed by atoms with Crippen LogP contribution in [-0.4, -0.2) is 32.3 Å². The van der Waals surface area contributed by atoms with E-state index < -0.39 is 0 Å². The van der Waals surface area contributed by atoms with Gasteiger partial charge in [0.1, 0.15) is 0 Å². The maximum absolute atomic E-state index is 10.7. The number of methoxy groups -OCH3 is 1. The molecule has 0 atom stereocenters. The maximum Gasteiger partial charge on any atom is 0.407 e. The van der Waals surface area contributed by atoms with Gasteiger partial charge in [0.2, 0.25) is 0 Å². The lowest BCUT2D eigenvalue weighted by Crippen LogP contribution is -2.51. The van der Waals surface area contributed by atoms with Gasteiger partial charge in [0.25, 0.3) is 0 Å². The summed E-state index contributed by atoms with van der Waals surface area (Å²) in [6.07, 6.45) is 1.68. The first kappa shape index (κ1) is 8.33. The van der Waals surface area contributed by atoms with Crippen molar-refractivity contribution in [2.45, 2.75) is 24.9 Å². The highest BCUT2D eigenvalue weighted by atomic mass is 16.5. The molecule has 0 aliphatic heterocycles. The molecule has 0 radical (unpaired) electrons. The minimum atomic E-state index is -0.329. The fourth-order valence-electron chi connectivity index (χ4n) is 1.20. The Balaban J connectivity index is 2.08. The first-order valence-corrected chi connectivity index (χ1v) is 3.78. The van der Waals surface area contributed by atoms with E-state index in [-0.39, 0.29) is 6.09 Å². The number of nitrogens with one attached hydrogen (secondary N) is 2. The molecular formula is C7H14N2O2. The minimum Gasteiger partial charge on any atom is -0.453 e. The zero-order valence-electron chi connectivity index (χ0n) is 6.89. The molecule has 2 N–H and O–H groups in total. The third-order valence-electron chi connectivity index (χ3n) is 2.05. The molecule has 1 saturated carbocycles. The van der Waals surface area contributed by atoms with Gasteiger partial charge in [-0.2, -0.15) is 0 Å². The van der Waals surface area contributed by atoms with Crippen molar-refractivity contribution >= 4 is 6.09 Å². The predicted octanol–water partition coefficient (Wildman–Crippen LogP) is 0.0928. The van der Waals surface area contributed by atoms with E-state index in [0.717, 1.165) is 12.8 Å². The number of carbonyl (C=O) groups is 1. The van der Waals surface area contributed by atoms with Crippen molar-refractivity contribution in [3.8, 4) is 0 Å². The number of hydrogen-bond acceptors (Lipinski definition) is 3. The van der Waals surface area contributed by atoms with Crippen LogP contribution in [0.1, 0.15) is 12.8 Å². The van der Waals surface area contributed by atoms with Gasteiger partial charge in [-0.3, -0.25) is 0 Å². The van der Waals surface area contributed by atoms with E-state index in [0.29, 0.717) is 12.1 Å². The average molecular weight is 158 g/mol. The van der Waals surface area contributed by atoms with Crippen LogP contribution in [0.4, 0.5) is 4.79 Å². The highest BCUT2D eigenvalue weighted by Crippen LogP contribution is 2.18. The van der Waals surface area contributed by atoms with E-state index in [9.17, 15) is 4.79 Å². The molecule has 0 saturated heterocycles. The largest absolute Gasteiger partial charge is 0.453 e. The Hall–Kier alpha value is -0.770. The van der Waals surface area contributed by atoms with Crippen LogP contribution in [0.3, 0.4) is 0 Å². The summed E-state index contributed by atoms with van der Waals surface area (Å²) in [7, 11) is 3.31. The van der Waals surface area contributed by atoms with Crippen LogP contribution in [0.15, 0.2) is 0 Å². The standard InChI is InChI=1S/C7H14N2O2/c1-8-5-3-6(4-5)9-7(10)11-2/h5-6,8H,3-4H2,1-2H3,(H,9,10). The molecule has 1 rings (SSSR count). The topological polar surface area (TPSA) is 50.4 Å². The van der Waals surface area contributed by atoms with Crippen LogP contribution in [-0.2, 0) is 4.74 Å². The Morgan fingerprint density at radius 3 is 2.55 bits per heavy atom. The molecule has 1 aliphatic rings. The quantitative estimate of drug-likeness (QED) is 0.599. The van der Waals surface area contributed by atoms with Crippen molar-refractivity contribution in [2.24, 2.45) is 0 Å². The third kappa shape index (κ3) is 2.08. The second-order valence-electron chi connectivity index (χ2n) is 2.79. The summed E-state index contributed by atoms with van der Waals surface area (Å²) in [5.41, 5.74) is 0. The second kappa shape index (κ2) is 3.57. The van der Waals surface area contributed by atoms with Gasteiger partial charge in [-0.1, -0.05) is 0 Å². The molecule has 0 aromatic heterocycles.